The van der Waals surface area contributed by atoms with Crippen molar-refractivity contribution in [2.45, 2.75) is 38.8 Å². The fourth-order valence-corrected chi connectivity index (χ4v) is 3.94. The molecule has 0 bridgehead atoms. The van der Waals surface area contributed by atoms with Crippen molar-refractivity contribution in [3.8, 4) is 0 Å². The predicted molar refractivity (Wildman–Crippen MR) is 117 cm³/mol. The summed E-state index contributed by atoms with van der Waals surface area (Å²) >= 11 is 5.98. The Morgan fingerprint density at radius 2 is 1.87 bits per heavy atom. The number of halogens is 1. The van der Waals surface area contributed by atoms with Crippen LogP contribution in [0.4, 0.5) is 5.69 Å². The summed E-state index contributed by atoms with van der Waals surface area (Å²) in [6, 6.07) is 14.6. The molecule has 0 aliphatic heterocycles. The summed E-state index contributed by atoms with van der Waals surface area (Å²) < 4.78 is 2.01. The van der Waals surface area contributed by atoms with E-state index in [9.17, 15) is 9.59 Å². The molecule has 6 nitrogen and oxygen atoms in total. The molecule has 0 saturated carbocycles. The number of carbonyl (C=O) groups is 2. The van der Waals surface area contributed by atoms with Gasteiger partial charge in [-0.1, -0.05) is 23.7 Å². The summed E-state index contributed by atoms with van der Waals surface area (Å²) in [5.41, 5.74) is 4.61. The maximum atomic E-state index is 12.7. The lowest BCUT2D eigenvalue weighted by atomic mass is 9.92. The van der Waals surface area contributed by atoms with Crippen LogP contribution >= 0.6 is 11.6 Å². The fraction of sp³-hybridized carbons (Fsp3) is 0.261. The number of rotatable bonds is 5. The molecule has 0 unspecified atom stereocenters. The van der Waals surface area contributed by atoms with Crippen molar-refractivity contribution in [3.05, 3.63) is 82.1 Å². The van der Waals surface area contributed by atoms with E-state index in [-0.39, 0.29) is 17.9 Å². The second-order valence-electron chi connectivity index (χ2n) is 7.51. The Bertz CT molecular complexity index is 1060. The zero-order valence-electron chi connectivity index (χ0n) is 16.7. The van der Waals surface area contributed by atoms with Crippen LogP contribution in [-0.4, -0.2) is 21.6 Å². The number of benzene rings is 2. The molecule has 1 aromatic heterocycles. The lowest BCUT2D eigenvalue weighted by Crippen LogP contribution is -2.31. The summed E-state index contributed by atoms with van der Waals surface area (Å²) in [5.74, 6) is -0.273. The van der Waals surface area contributed by atoms with Crippen LogP contribution in [0.25, 0.3) is 0 Å². The van der Waals surface area contributed by atoms with Crippen LogP contribution in [0, 0.1) is 0 Å². The number of hydrogen-bond donors (Lipinski definition) is 2. The topological polar surface area (TPSA) is 76.0 Å². The van der Waals surface area contributed by atoms with Crippen molar-refractivity contribution in [2.24, 2.45) is 0 Å². The molecule has 1 heterocycles. The number of aromatic nitrogens is 2. The van der Waals surface area contributed by atoms with Crippen molar-refractivity contribution < 1.29 is 9.59 Å². The van der Waals surface area contributed by atoms with Gasteiger partial charge in [-0.3, -0.25) is 14.3 Å². The van der Waals surface area contributed by atoms with Crippen molar-refractivity contribution in [1.82, 2.24) is 15.1 Å². The van der Waals surface area contributed by atoms with E-state index in [1.807, 2.05) is 35.1 Å². The normalized spacial score (nSPS) is 15.3. The largest absolute Gasteiger partial charge is 0.345 e. The van der Waals surface area contributed by atoms with Gasteiger partial charge < -0.3 is 10.6 Å². The monoisotopic (exact) mass is 422 g/mol. The first-order chi connectivity index (χ1) is 14.5. The van der Waals surface area contributed by atoms with Gasteiger partial charge in [0.1, 0.15) is 0 Å². The smallest absolute Gasteiger partial charge is 0.251 e. The molecular weight excluding hydrogens is 400 g/mol. The highest BCUT2D eigenvalue weighted by molar-refractivity contribution is 6.30. The van der Waals surface area contributed by atoms with E-state index in [1.165, 1.54) is 12.6 Å². The minimum absolute atomic E-state index is 0.0600. The number of amides is 2. The number of carbonyl (C=O) groups excluding carboxylic acids is 2. The van der Waals surface area contributed by atoms with E-state index in [1.54, 1.807) is 24.3 Å². The van der Waals surface area contributed by atoms with Crippen molar-refractivity contribution in [2.75, 3.05) is 5.32 Å². The molecule has 0 fully saturated rings. The van der Waals surface area contributed by atoms with E-state index in [4.69, 9.17) is 11.6 Å². The number of hydrogen-bond acceptors (Lipinski definition) is 3. The second-order valence-corrected chi connectivity index (χ2v) is 7.94. The molecule has 3 aromatic rings. The van der Waals surface area contributed by atoms with Crippen molar-refractivity contribution in [1.29, 1.82) is 0 Å². The van der Waals surface area contributed by atoms with Gasteiger partial charge in [0.15, 0.2) is 0 Å². The highest BCUT2D eigenvalue weighted by atomic mass is 35.5. The average Bonchev–Trinajstić information content (AvgIpc) is 3.14. The van der Waals surface area contributed by atoms with Crippen LogP contribution in [0.3, 0.4) is 0 Å². The number of nitrogens with zero attached hydrogens (tertiary/aromatic N) is 2. The lowest BCUT2D eigenvalue weighted by Gasteiger charge is -2.24. The minimum atomic E-state index is -0.141. The second kappa shape index (κ2) is 8.71. The first-order valence-corrected chi connectivity index (χ1v) is 10.3. The Morgan fingerprint density at radius 3 is 2.57 bits per heavy atom. The van der Waals surface area contributed by atoms with Gasteiger partial charge in [-0.15, -0.1) is 0 Å². The zero-order valence-corrected chi connectivity index (χ0v) is 17.4. The Kier molecular flexibility index (Phi) is 5.86. The van der Waals surface area contributed by atoms with Gasteiger partial charge in [-0.05, 0) is 61.2 Å². The van der Waals surface area contributed by atoms with Gasteiger partial charge in [-0.2, -0.15) is 5.10 Å². The van der Waals surface area contributed by atoms with Crippen molar-refractivity contribution >= 4 is 29.1 Å². The molecule has 0 spiro atoms. The minimum Gasteiger partial charge on any atom is -0.345 e. The van der Waals surface area contributed by atoms with E-state index in [0.29, 0.717) is 22.8 Å². The highest BCUT2D eigenvalue weighted by Gasteiger charge is 2.26. The maximum Gasteiger partial charge on any atom is 0.251 e. The quantitative estimate of drug-likeness (QED) is 0.641. The standard InChI is InChI=1S/C23H23ClN4O2/c1-15(29)26-19-11-7-17(8-12-19)23(30)27-21-3-2-4-22-20(21)13-25-28(22)14-16-5-9-18(24)10-6-16/h5-13,21H,2-4,14H2,1H3,(H,26,29)(H,27,30)/t21-/m1/s1. The average molecular weight is 423 g/mol. The molecule has 4 rings (SSSR count). The lowest BCUT2D eigenvalue weighted by molar-refractivity contribution is -0.114. The Balaban J connectivity index is 1.47. The Morgan fingerprint density at radius 1 is 1.13 bits per heavy atom. The first kappa shape index (κ1) is 20.2. The van der Waals surface area contributed by atoms with E-state index < -0.39 is 0 Å². The molecular formula is C23H23ClN4O2. The van der Waals surface area contributed by atoms with E-state index in [0.717, 1.165) is 30.4 Å². The number of anilines is 1. The summed E-state index contributed by atoms with van der Waals surface area (Å²) in [4.78, 5) is 23.9. The molecule has 0 radical (unpaired) electrons. The van der Waals surface area contributed by atoms with Crippen LogP contribution in [-0.2, 0) is 17.8 Å². The molecule has 30 heavy (non-hydrogen) atoms. The van der Waals surface area contributed by atoms with Crippen LogP contribution in [0.1, 0.15) is 53.0 Å². The zero-order chi connectivity index (χ0) is 21.1. The molecule has 7 heteroatoms. The molecule has 1 aliphatic rings. The van der Waals surface area contributed by atoms with Gasteiger partial charge in [0.05, 0.1) is 18.8 Å². The van der Waals surface area contributed by atoms with Gasteiger partial charge in [0, 0.05) is 34.5 Å². The molecule has 2 aromatic carbocycles. The predicted octanol–water partition coefficient (Wildman–Crippen LogP) is 4.35. The number of fused-ring (bicyclic) bond motifs is 1. The van der Waals surface area contributed by atoms with Crippen LogP contribution in [0.5, 0.6) is 0 Å². The van der Waals surface area contributed by atoms with E-state index >= 15 is 0 Å². The third-order valence-corrected chi connectivity index (χ3v) is 5.53. The van der Waals surface area contributed by atoms with E-state index in [2.05, 4.69) is 15.7 Å². The van der Waals surface area contributed by atoms with Crippen LogP contribution < -0.4 is 10.6 Å². The van der Waals surface area contributed by atoms with Gasteiger partial charge in [0.2, 0.25) is 5.91 Å². The summed E-state index contributed by atoms with van der Waals surface area (Å²) in [7, 11) is 0. The first-order valence-electron chi connectivity index (χ1n) is 9.97. The molecule has 2 amide bonds. The highest BCUT2D eigenvalue weighted by Crippen LogP contribution is 2.30. The molecule has 154 valence electrons. The van der Waals surface area contributed by atoms with Crippen LogP contribution in [0.15, 0.2) is 54.7 Å². The van der Waals surface area contributed by atoms with Gasteiger partial charge >= 0.3 is 0 Å². The molecule has 1 atom stereocenters. The number of nitrogens with one attached hydrogen (secondary N) is 2. The maximum absolute atomic E-state index is 12.7. The molecule has 2 N–H and O–H groups in total. The third-order valence-electron chi connectivity index (χ3n) is 5.28. The molecule has 1 aliphatic carbocycles. The van der Waals surface area contributed by atoms with Gasteiger partial charge in [-0.25, -0.2) is 0 Å². The molecule has 0 saturated heterocycles. The summed E-state index contributed by atoms with van der Waals surface area (Å²) in [6.07, 6.45) is 4.69. The Labute approximate surface area is 180 Å². The summed E-state index contributed by atoms with van der Waals surface area (Å²) in [6.45, 7) is 2.13. The third kappa shape index (κ3) is 4.54. The SMILES string of the molecule is CC(=O)Nc1ccc(C(=O)N[C@@H]2CCCc3c2cnn3Cc2ccc(Cl)cc2)cc1. The van der Waals surface area contributed by atoms with Crippen molar-refractivity contribution in [3.63, 3.8) is 0 Å². The Hall–Kier alpha value is -3.12. The van der Waals surface area contributed by atoms with Crippen LogP contribution in [0.2, 0.25) is 5.02 Å². The fourth-order valence-electron chi connectivity index (χ4n) is 3.82. The van der Waals surface area contributed by atoms with Gasteiger partial charge in [0.25, 0.3) is 5.91 Å². The summed E-state index contributed by atoms with van der Waals surface area (Å²) in [5, 5.41) is 11.1.